The SMILES string of the molecule is CCCC[N+](CCCC)(CCCC)CCCCCCCCCCC[Si](OC)(OC)OC.[Br-]. The Kier molecular flexibility index (Phi) is 25.3. The monoisotopic (exact) mass is 539 g/mol. The molecule has 0 aromatic heterocycles. The zero-order chi connectivity index (χ0) is 23.3. The molecular weight excluding hydrogens is 482 g/mol. The highest BCUT2D eigenvalue weighted by molar-refractivity contribution is 6.60. The molecule has 0 aromatic carbocycles. The second kappa shape index (κ2) is 23.3. The van der Waals surface area contributed by atoms with E-state index < -0.39 is 8.80 Å². The van der Waals surface area contributed by atoms with Crippen LogP contribution in [0.2, 0.25) is 6.04 Å². The van der Waals surface area contributed by atoms with E-state index in [9.17, 15) is 0 Å². The predicted molar refractivity (Wildman–Crippen MR) is 138 cm³/mol. The van der Waals surface area contributed by atoms with Crippen LogP contribution in [0.25, 0.3) is 0 Å². The molecule has 0 atom stereocenters. The van der Waals surface area contributed by atoms with E-state index in [1.165, 1.54) is 121 Å². The molecule has 196 valence electrons. The van der Waals surface area contributed by atoms with Gasteiger partial charge in [0.05, 0.1) is 26.2 Å². The molecule has 0 aliphatic carbocycles. The van der Waals surface area contributed by atoms with E-state index in [1.54, 1.807) is 21.3 Å². The highest BCUT2D eigenvalue weighted by atomic mass is 79.9. The number of rotatable bonds is 24. The Balaban J connectivity index is 0. The van der Waals surface area contributed by atoms with Gasteiger partial charge in [-0.05, 0) is 38.5 Å². The van der Waals surface area contributed by atoms with E-state index in [0.29, 0.717) is 0 Å². The first kappa shape index (κ1) is 34.7. The van der Waals surface area contributed by atoms with Crippen molar-refractivity contribution in [1.29, 1.82) is 0 Å². The Morgan fingerprint density at radius 2 is 0.781 bits per heavy atom. The third-order valence-corrected chi connectivity index (χ3v) is 9.84. The molecular formula is C26H58BrNO3Si. The smallest absolute Gasteiger partial charge is 0.500 e. The fraction of sp³-hybridized carbons (Fsp3) is 1.00. The van der Waals surface area contributed by atoms with Gasteiger partial charge < -0.3 is 34.7 Å². The molecule has 0 radical (unpaired) electrons. The molecule has 0 aliphatic heterocycles. The van der Waals surface area contributed by atoms with Crippen LogP contribution in [0.3, 0.4) is 0 Å². The van der Waals surface area contributed by atoms with Crippen molar-refractivity contribution in [2.24, 2.45) is 0 Å². The first-order chi connectivity index (χ1) is 15.1. The van der Waals surface area contributed by atoms with Gasteiger partial charge in [0.1, 0.15) is 0 Å². The van der Waals surface area contributed by atoms with Gasteiger partial charge in [-0.1, -0.05) is 78.6 Å². The molecule has 0 amide bonds. The highest BCUT2D eigenvalue weighted by Gasteiger charge is 2.36. The maximum atomic E-state index is 5.50. The van der Waals surface area contributed by atoms with Gasteiger partial charge in [0.2, 0.25) is 0 Å². The van der Waals surface area contributed by atoms with Crippen LogP contribution in [0.15, 0.2) is 0 Å². The van der Waals surface area contributed by atoms with Crippen LogP contribution < -0.4 is 17.0 Å². The topological polar surface area (TPSA) is 27.7 Å². The quantitative estimate of drug-likeness (QED) is 0.102. The minimum atomic E-state index is -2.35. The second-order valence-electron chi connectivity index (χ2n) is 9.52. The zero-order valence-corrected chi connectivity index (χ0v) is 25.3. The number of hydrogen-bond acceptors (Lipinski definition) is 3. The van der Waals surface area contributed by atoms with Crippen molar-refractivity contribution in [3.63, 3.8) is 0 Å². The molecule has 0 aliphatic rings. The van der Waals surface area contributed by atoms with Crippen LogP contribution >= 0.6 is 0 Å². The summed E-state index contributed by atoms with van der Waals surface area (Å²) in [5.41, 5.74) is 0. The van der Waals surface area contributed by atoms with Crippen LogP contribution in [0.4, 0.5) is 0 Å². The van der Waals surface area contributed by atoms with Gasteiger partial charge in [-0.2, -0.15) is 0 Å². The fourth-order valence-corrected chi connectivity index (χ4v) is 6.53. The molecule has 0 spiro atoms. The predicted octanol–water partition coefficient (Wildman–Crippen LogP) is 4.60. The largest absolute Gasteiger partial charge is 1.00 e. The van der Waals surface area contributed by atoms with Crippen LogP contribution in [-0.4, -0.2) is 60.8 Å². The maximum absolute atomic E-state index is 5.50. The first-order valence-corrected chi connectivity index (χ1v) is 15.5. The van der Waals surface area contributed by atoms with Crippen molar-refractivity contribution in [2.75, 3.05) is 47.5 Å². The number of unbranched alkanes of at least 4 members (excludes halogenated alkanes) is 11. The van der Waals surface area contributed by atoms with Crippen molar-refractivity contribution in [1.82, 2.24) is 0 Å². The molecule has 0 rings (SSSR count). The summed E-state index contributed by atoms with van der Waals surface area (Å²) in [4.78, 5) is 0. The average Bonchev–Trinajstić information content (AvgIpc) is 2.81. The first-order valence-electron chi connectivity index (χ1n) is 13.6. The van der Waals surface area contributed by atoms with Gasteiger partial charge in [-0.15, -0.1) is 0 Å². The summed E-state index contributed by atoms with van der Waals surface area (Å²) in [6.07, 6.45) is 20.4. The molecule has 0 saturated heterocycles. The van der Waals surface area contributed by atoms with Crippen molar-refractivity contribution >= 4 is 8.80 Å². The summed E-state index contributed by atoms with van der Waals surface area (Å²) in [7, 11) is 2.77. The Morgan fingerprint density at radius 1 is 0.469 bits per heavy atom. The Labute approximate surface area is 213 Å². The van der Waals surface area contributed by atoms with Crippen molar-refractivity contribution in [2.45, 2.75) is 123 Å². The van der Waals surface area contributed by atoms with Crippen LogP contribution in [0.1, 0.15) is 117 Å². The van der Waals surface area contributed by atoms with E-state index in [2.05, 4.69) is 20.8 Å². The summed E-state index contributed by atoms with van der Waals surface area (Å²) in [5, 5.41) is 0. The van der Waals surface area contributed by atoms with E-state index in [1.807, 2.05) is 0 Å². The van der Waals surface area contributed by atoms with Crippen molar-refractivity contribution < 1.29 is 34.7 Å². The fourth-order valence-electron chi connectivity index (χ4n) is 4.73. The lowest BCUT2D eigenvalue weighted by Crippen LogP contribution is -3.00. The molecule has 0 unspecified atom stereocenters. The summed E-state index contributed by atoms with van der Waals surface area (Å²) in [6, 6.07) is 0.935. The summed E-state index contributed by atoms with van der Waals surface area (Å²) < 4.78 is 17.9. The molecule has 0 heterocycles. The normalized spacial score (nSPS) is 12.2. The lowest BCUT2D eigenvalue weighted by atomic mass is 10.1. The van der Waals surface area contributed by atoms with Gasteiger partial charge in [-0.3, -0.25) is 0 Å². The third-order valence-electron chi connectivity index (χ3n) is 7.01. The van der Waals surface area contributed by atoms with E-state index in [4.69, 9.17) is 13.3 Å². The highest BCUT2D eigenvalue weighted by Crippen LogP contribution is 2.20. The third kappa shape index (κ3) is 16.2. The van der Waals surface area contributed by atoms with Gasteiger partial charge in [0.25, 0.3) is 0 Å². The van der Waals surface area contributed by atoms with E-state index in [-0.39, 0.29) is 17.0 Å². The molecule has 0 fully saturated rings. The standard InChI is InChI=1S/C26H58NO3Si.BrH/c1-7-10-22-27(23-11-8-2,24-12-9-3)25-20-18-16-14-13-15-17-19-21-26-31(28-4,29-5)30-6;/h7-26H2,1-6H3;1H/q+1;/p-1. The van der Waals surface area contributed by atoms with Gasteiger partial charge in [0, 0.05) is 27.4 Å². The number of nitrogens with zero attached hydrogens (tertiary/aromatic N) is 1. The maximum Gasteiger partial charge on any atom is 0.500 e. The Hall–Kier alpha value is 0.537. The van der Waals surface area contributed by atoms with Gasteiger partial charge in [-0.25, -0.2) is 0 Å². The number of hydrogen-bond donors (Lipinski definition) is 0. The number of halogens is 1. The Morgan fingerprint density at radius 3 is 1.12 bits per heavy atom. The summed E-state index contributed by atoms with van der Waals surface area (Å²) in [5.74, 6) is 0. The molecule has 0 aromatic rings. The summed E-state index contributed by atoms with van der Waals surface area (Å²) in [6.45, 7) is 12.7. The van der Waals surface area contributed by atoms with Crippen molar-refractivity contribution in [3.8, 4) is 0 Å². The molecule has 0 saturated carbocycles. The van der Waals surface area contributed by atoms with Gasteiger partial charge >= 0.3 is 8.80 Å². The lowest BCUT2D eigenvalue weighted by Gasteiger charge is -2.39. The Bertz CT molecular complexity index is 354. The molecule has 32 heavy (non-hydrogen) atoms. The molecule has 0 N–H and O–H groups in total. The zero-order valence-electron chi connectivity index (χ0n) is 22.7. The lowest BCUT2D eigenvalue weighted by molar-refractivity contribution is -0.929. The van der Waals surface area contributed by atoms with Crippen molar-refractivity contribution in [3.05, 3.63) is 0 Å². The summed E-state index contributed by atoms with van der Waals surface area (Å²) >= 11 is 0. The average molecular weight is 541 g/mol. The van der Waals surface area contributed by atoms with E-state index >= 15 is 0 Å². The van der Waals surface area contributed by atoms with E-state index in [0.717, 1.165) is 12.5 Å². The number of quaternary nitrogens is 1. The molecule has 4 nitrogen and oxygen atoms in total. The minimum absolute atomic E-state index is 0. The van der Waals surface area contributed by atoms with Gasteiger partial charge in [0.15, 0.2) is 0 Å². The minimum Gasteiger partial charge on any atom is -1.00 e. The molecule has 6 heteroatoms. The van der Waals surface area contributed by atoms with Crippen LogP contribution in [0.5, 0.6) is 0 Å². The van der Waals surface area contributed by atoms with Crippen LogP contribution in [-0.2, 0) is 13.3 Å². The second-order valence-corrected chi connectivity index (χ2v) is 12.6. The van der Waals surface area contributed by atoms with Crippen LogP contribution in [0, 0.1) is 0 Å². The molecule has 0 bridgehead atoms.